The Morgan fingerprint density at radius 3 is 2.92 bits per heavy atom. The summed E-state index contributed by atoms with van der Waals surface area (Å²) in [5, 5.41) is 16.9. The lowest BCUT2D eigenvalue weighted by Gasteiger charge is -2.22. The molecule has 1 radical (unpaired) electrons. The Bertz CT molecular complexity index is 716. The molecule has 0 saturated carbocycles. The first-order chi connectivity index (χ1) is 11.9. The van der Waals surface area contributed by atoms with Crippen molar-refractivity contribution < 1.29 is 23.2 Å². The van der Waals surface area contributed by atoms with Crippen LogP contribution in [0, 0.1) is 0 Å². The third kappa shape index (κ3) is 4.31. The van der Waals surface area contributed by atoms with Crippen molar-refractivity contribution in [1.29, 1.82) is 0 Å². The second-order valence-electron chi connectivity index (χ2n) is 5.43. The van der Waals surface area contributed by atoms with Crippen LogP contribution in [-0.4, -0.2) is 42.3 Å². The van der Waals surface area contributed by atoms with E-state index in [-0.39, 0.29) is 18.8 Å². The lowest BCUT2D eigenvalue weighted by atomic mass is 10.2. The van der Waals surface area contributed by atoms with Crippen LogP contribution in [0.3, 0.4) is 0 Å². The summed E-state index contributed by atoms with van der Waals surface area (Å²) in [6.45, 7) is 1.33. The van der Waals surface area contributed by atoms with Gasteiger partial charge in [0.05, 0.1) is 30.0 Å². The maximum atomic E-state index is 12.8. The number of hydroxylamine groups is 4. The molecule has 0 atom stereocenters. The molecule has 0 bridgehead atoms. The Kier molecular flexibility index (Phi) is 4.95. The summed E-state index contributed by atoms with van der Waals surface area (Å²) < 4.78 is 38.3. The van der Waals surface area contributed by atoms with Gasteiger partial charge in [-0.25, -0.2) is 15.1 Å². The Labute approximate surface area is 142 Å². The highest BCUT2D eigenvalue weighted by molar-refractivity contribution is 5.83. The van der Waals surface area contributed by atoms with Gasteiger partial charge in [0.2, 0.25) is 5.96 Å². The molecular formula is C16H16F3N4O2. The van der Waals surface area contributed by atoms with E-state index < -0.39 is 11.7 Å². The number of benzene rings is 1. The third-order valence-corrected chi connectivity index (χ3v) is 3.63. The van der Waals surface area contributed by atoms with Crippen LogP contribution in [0.15, 0.2) is 53.2 Å². The fraction of sp³-hybridized carbons (Fsp3) is 0.312. The first-order valence-corrected chi connectivity index (χ1v) is 7.64. The SMILES string of the molecule is [O]N1CC=CC=C1CON1CCNC1=Nc1cccc(C(F)(F)F)c1. The summed E-state index contributed by atoms with van der Waals surface area (Å²) in [7, 11) is 0. The summed E-state index contributed by atoms with van der Waals surface area (Å²) in [6, 6.07) is 4.75. The van der Waals surface area contributed by atoms with E-state index in [1.807, 2.05) is 0 Å². The Hall–Kier alpha value is -2.52. The lowest BCUT2D eigenvalue weighted by Crippen LogP contribution is -2.33. The number of halogens is 3. The molecule has 9 heteroatoms. The summed E-state index contributed by atoms with van der Waals surface area (Å²) >= 11 is 0. The van der Waals surface area contributed by atoms with Gasteiger partial charge in [-0.05, 0) is 24.3 Å². The zero-order chi connectivity index (χ0) is 17.9. The van der Waals surface area contributed by atoms with Gasteiger partial charge in [-0.3, -0.25) is 4.84 Å². The Balaban J connectivity index is 1.70. The van der Waals surface area contributed by atoms with Crippen LogP contribution in [0.4, 0.5) is 18.9 Å². The number of guanidine groups is 1. The van der Waals surface area contributed by atoms with Crippen molar-refractivity contribution in [2.24, 2.45) is 4.99 Å². The Morgan fingerprint density at radius 2 is 2.16 bits per heavy atom. The smallest absolute Gasteiger partial charge is 0.352 e. The molecule has 0 aromatic heterocycles. The molecule has 0 amide bonds. The van der Waals surface area contributed by atoms with Gasteiger partial charge in [0.1, 0.15) is 6.61 Å². The highest BCUT2D eigenvalue weighted by atomic mass is 19.4. The zero-order valence-electron chi connectivity index (χ0n) is 13.2. The van der Waals surface area contributed by atoms with Gasteiger partial charge in [-0.1, -0.05) is 23.4 Å². The molecule has 25 heavy (non-hydrogen) atoms. The van der Waals surface area contributed by atoms with Crippen LogP contribution < -0.4 is 5.32 Å². The average Bonchev–Trinajstić information content (AvgIpc) is 3.01. The van der Waals surface area contributed by atoms with Crippen LogP contribution >= 0.6 is 0 Å². The maximum Gasteiger partial charge on any atom is 0.416 e. The van der Waals surface area contributed by atoms with Crippen LogP contribution in [-0.2, 0) is 16.2 Å². The van der Waals surface area contributed by atoms with E-state index in [9.17, 15) is 18.4 Å². The van der Waals surface area contributed by atoms with Crippen LogP contribution in [0.1, 0.15) is 5.56 Å². The van der Waals surface area contributed by atoms with Crippen LogP contribution in [0.25, 0.3) is 0 Å². The molecular weight excluding hydrogens is 337 g/mol. The topological polar surface area (TPSA) is 60.0 Å². The fourth-order valence-corrected chi connectivity index (χ4v) is 2.36. The minimum absolute atomic E-state index is 0.0527. The van der Waals surface area contributed by atoms with E-state index in [0.29, 0.717) is 24.7 Å². The number of allylic oxidation sites excluding steroid dienone is 2. The number of aliphatic imine (C=N–C) groups is 1. The van der Waals surface area contributed by atoms with E-state index in [2.05, 4.69) is 10.3 Å². The van der Waals surface area contributed by atoms with E-state index >= 15 is 0 Å². The predicted octanol–water partition coefficient (Wildman–Crippen LogP) is 2.63. The maximum absolute atomic E-state index is 12.8. The molecule has 1 N–H and O–H groups in total. The van der Waals surface area contributed by atoms with E-state index in [0.717, 1.165) is 17.2 Å². The van der Waals surface area contributed by atoms with Crippen LogP contribution in [0.2, 0.25) is 0 Å². The monoisotopic (exact) mass is 353 g/mol. The van der Waals surface area contributed by atoms with Crippen LogP contribution in [0.5, 0.6) is 0 Å². The first kappa shape index (κ1) is 17.3. The molecule has 1 saturated heterocycles. The average molecular weight is 353 g/mol. The minimum atomic E-state index is -4.42. The Morgan fingerprint density at radius 1 is 1.32 bits per heavy atom. The molecule has 1 aromatic carbocycles. The molecule has 0 unspecified atom stereocenters. The number of hydrogen-bond acceptors (Lipinski definition) is 3. The summed E-state index contributed by atoms with van der Waals surface area (Å²) in [4.78, 5) is 9.75. The van der Waals surface area contributed by atoms with Crippen molar-refractivity contribution >= 4 is 11.6 Å². The van der Waals surface area contributed by atoms with Gasteiger partial charge in [-0.2, -0.15) is 13.2 Å². The number of nitrogens with one attached hydrogen (secondary N) is 1. The van der Waals surface area contributed by atoms with Crippen molar-refractivity contribution in [3.05, 3.63) is 53.8 Å². The highest BCUT2D eigenvalue weighted by Gasteiger charge is 2.30. The van der Waals surface area contributed by atoms with E-state index in [4.69, 9.17) is 4.84 Å². The van der Waals surface area contributed by atoms with Gasteiger partial charge in [-0.15, -0.1) is 0 Å². The highest BCUT2D eigenvalue weighted by Crippen LogP contribution is 2.31. The quantitative estimate of drug-likeness (QED) is 0.904. The first-order valence-electron chi connectivity index (χ1n) is 7.64. The number of nitrogens with zero attached hydrogens (tertiary/aromatic N) is 3. The molecule has 0 spiro atoms. The molecule has 2 aliphatic heterocycles. The molecule has 1 fully saturated rings. The molecule has 6 nitrogen and oxygen atoms in total. The summed E-state index contributed by atoms with van der Waals surface area (Å²) in [5.41, 5.74) is -0.133. The van der Waals surface area contributed by atoms with Gasteiger partial charge in [0.15, 0.2) is 0 Å². The molecule has 3 rings (SSSR count). The van der Waals surface area contributed by atoms with Crippen molar-refractivity contribution in [2.45, 2.75) is 6.18 Å². The summed E-state index contributed by atoms with van der Waals surface area (Å²) in [6.07, 6.45) is 0.735. The molecule has 2 heterocycles. The zero-order valence-corrected chi connectivity index (χ0v) is 13.2. The van der Waals surface area contributed by atoms with Gasteiger partial charge in [0.25, 0.3) is 0 Å². The number of alkyl halides is 3. The standard InChI is InChI=1S/C16H16F3N4O2/c17-16(18,19)12-4-3-5-13(10-12)21-15-20-7-9-23(15)25-11-14-6-1-2-8-22(14)24/h1-6,10H,7-9,11H2,(H,20,21). The molecule has 1 aromatic rings. The molecule has 0 aliphatic carbocycles. The normalized spacial score (nSPS) is 19.4. The number of hydrogen-bond donors (Lipinski definition) is 1. The van der Waals surface area contributed by atoms with Gasteiger partial charge in [0, 0.05) is 6.54 Å². The van der Waals surface area contributed by atoms with Crippen molar-refractivity contribution in [3.8, 4) is 0 Å². The molecule has 133 valence electrons. The van der Waals surface area contributed by atoms with Crippen molar-refractivity contribution in [1.82, 2.24) is 15.4 Å². The lowest BCUT2D eigenvalue weighted by molar-refractivity contribution is -0.148. The minimum Gasteiger partial charge on any atom is -0.352 e. The fourth-order valence-electron chi connectivity index (χ4n) is 2.36. The van der Waals surface area contributed by atoms with E-state index in [1.165, 1.54) is 17.2 Å². The largest absolute Gasteiger partial charge is 0.416 e. The van der Waals surface area contributed by atoms with Crippen molar-refractivity contribution in [2.75, 3.05) is 26.2 Å². The van der Waals surface area contributed by atoms with Gasteiger partial charge < -0.3 is 5.32 Å². The van der Waals surface area contributed by atoms with E-state index in [1.54, 1.807) is 18.2 Å². The predicted molar refractivity (Wildman–Crippen MR) is 83.8 cm³/mol. The molecule has 2 aliphatic rings. The van der Waals surface area contributed by atoms with Gasteiger partial charge >= 0.3 is 6.18 Å². The second-order valence-corrected chi connectivity index (χ2v) is 5.43. The number of rotatable bonds is 4. The van der Waals surface area contributed by atoms with Crippen molar-refractivity contribution in [3.63, 3.8) is 0 Å². The second kappa shape index (κ2) is 7.16. The summed E-state index contributed by atoms with van der Waals surface area (Å²) in [5.74, 6) is 0.309. The third-order valence-electron chi connectivity index (χ3n) is 3.63.